The molecule has 6 nitrogen and oxygen atoms in total. The normalized spacial score (nSPS) is 10.4. The van der Waals surface area contributed by atoms with Gasteiger partial charge in [-0.2, -0.15) is 0 Å². The number of fused-ring (bicyclic) bond motifs is 1. The molecule has 0 spiro atoms. The first-order chi connectivity index (χ1) is 13.4. The highest BCUT2D eigenvalue weighted by molar-refractivity contribution is 6.04. The number of anilines is 2. The van der Waals surface area contributed by atoms with Crippen LogP contribution in [0.3, 0.4) is 0 Å². The minimum atomic E-state index is -0.305. The Morgan fingerprint density at radius 1 is 0.893 bits per heavy atom. The number of amides is 3. The van der Waals surface area contributed by atoms with Crippen LogP contribution in [0.15, 0.2) is 66.7 Å². The predicted octanol–water partition coefficient (Wildman–Crippen LogP) is 3.51. The quantitative estimate of drug-likeness (QED) is 0.716. The lowest BCUT2D eigenvalue weighted by Gasteiger charge is -2.18. The molecule has 28 heavy (non-hydrogen) atoms. The van der Waals surface area contributed by atoms with Gasteiger partial charge in [0, 0.05) is 36.3 Å². The summed E-state index contributed by atoms with van der Waals surface area (Å²) in [4.78, 5) is 37.6. The van der Waals surface area contributed by atoms with Gasteiger partial charge in [0.05, 0.1) is 6.54 Å². The van der Waals surface area contributed by atoms with Gasteiger partial charge in [-0.25, -0.2) is 0 Å². The molecule has 0 saturated heterocycles. The largest absolute Gasteiger partial charge is 0.332 e. The van der Waals surface area contributed by atoms with Crippen LogP contribution in [-0.2, 0) is 9.59 Å². The maximum absolute atomic E-state index is 12.6. The van der Waals surface area contributed by atoms with Gasteiger partial charge in [0.25, 0.3) is 5.91 Å². The Balaban J connectivity index is 1.68. The van der Waals surface area contributed by atoms with Gasteiger partial charge < -0.3 is 15.5 Å². The van der Waals surface area contributed by atoms with Crippen LogP contribution >= 0.6 is 0 Å². The number of likely N-dealkylation sites (N-methyl/N-ethyl adjacent to an activating group) is 1. The topological polar surface area (TPSA) is 78.5 Å². The third-order valence-electron chi connectivity index (χ3n) is 4.22. The van der Waals surface area contributed by atoms with Crippen molar-refractivity contribution in [3.63, 3.8) is 0 Å². The maximum Gasteiger partial charge on any atom is 0.254 e. The van der Waals surface area contributed by atoms with Gasteiger partial charge in [0.1, 0.15) is 0 Å². The van der Waals surface area contributed by atoms with Crippen LogP contribution in [0, 0.1) is 0 Å². The number of nitrogens with one attached hydrogen (secondary N) is 2. The fraction of sp³-hybridized carbons (Fsp3) is 0.136. The van der Waals surface area contributed by atoms with Gasteiger partial charge in [-0.05, 0) is 29.7 Å². The van der Waals surface area contributed by atoms with Crippen LogP contribution in [0.25, 0.3) is 10.8 Å². The van der Waals surface area contributed by atoms with Crippen molar-refractivity contribution in [1.29, 1.82) is 0 Å². The van der Waals surface area contributed by atoms with Crippen molar-refractivity contribution in [3.8, 4) is 0 Å². The molecular formula is C22H21N3O3. The maximum atomic E-state index is 12.6. The van der Waals surface area contributed by atoms with Gasteiger partial charge in [-0.1, -0.05) is 42.5 Å². The van der Waals surface area contributed by atoms with E-state index in [0.717, 1.165) is 10.8 Å². The second-order valence-electron chi connectivity index (χ2n) is 6.50. The van der Waals surface area contributed by atoms with Crippen LogP contribution < -0.4 is 10.6 Å². The summed E-state index contributed by atoms with van der Waals surface area (Å²) in [7, 11) is 1.57. The molecule has 0 aliphatic rings. The van der Waals surface area contributed by atoms with Crippen molar-refractivity contribution in [2.24, 2.45) is 0 Å². The number of hydrogen-bond donors (Lipinski definition) is 2. The molecule has 3 aromatic carbocycles. The summed E-state index contributed by atoms with van der Waals surface area (Å²) in [5.74, 6) is -0.807. The van der Waals surface area contributed by atoms with E-state index in [1.165, 1.54) is 11.8 Å². The summed E-state index contributed by atoms with van der Waals surface area (Å²) >= 11 is 0. The van der Waals surface area contributed by atoms with E-state index in [4.69, 9.17) is 0 Å². The summed E-state index contributed by atoms with van der Waals surface area (Å²) in [5.41, 5.74) is 1.63. The number of benzene rings is 3. The second-order valence-corrected chi connectivity index (χ2v) is 6.50. The van der Waals surface area contributed by atoms with Crippen molar-refractivity contribution >= 4 is 39.9 Å². The third kappa shape index (κ3) is 4.54. The molecule has 2 N–H and O–H groups in total. The van der Waals surface area contributed by atoms with E-state index in [1.807, 2.05) is 42.5 Å². The Morgan fingerprint density at radius 3 is 2.39 bits per heavy atom. The highest BCUT2D eigenvalue weighted by Gasteiger charge is 2.16. The van der Waals surface area contributed by atoms with E-state index < -0.39 is 0 Å². The standard InChI is InChI=1S/C22H21N3O3/c1-15(26)23-18-10-5-9-17(13-18)22(28)25(2)14-21(27)24-20-12-6-8-16-7-3-4-11-19(16)20/h3-13H,14H2,1-2H3,(H,23,26)(H,24,27). The van der Waals surface area contributed by atoms with Gasteiger partial charge in [-0.15, -0.1) is 0 Å². The molecule has 0 aliphatic heterocycles. The minimum Gasteiger partial charge on any atom is -0.332 e. The summed E-state index contributed by atoms with van der Waals surface area (Å²) in [5, 5.41) is 7.48. The van der Waals surface area contributed by atoms with Crippen LogP contribution in [0.5, 0.6) is 0 Å². The van der Waals surface area contributed by atoms with Crippen molar-refractivity contribution in [2.45, 2.75) is 6.92 Å². The lowest BCUT2D eigenvalue weighted by molar-refractivity contribution is -0.116. The Hall–Kier alpha value is -3.67. The average Bonchev–Trinajstić information content (AvgIpc) is 2.67. The highest BCUT2D eigenvalue weighted by Crippen LogP contribution is 2.23. The number of nitrogens with zero attached hydrogens (tertiary/aromatic N) is 1. The number of carbonyl (C=O) groups excluding carboxylic acids is 3. The average molecular weight is 375 g/mol. The first-order valence-electron chi connectivity index (χ1n) is 8.85. The molecule has 0 atom stereocenters. The predicted molar refractivity (Wildman–Crippen MR) is 110 cm³/mol. The molecule has 0 fully saturated rings. The third-order valence-corrected chi connectivity index (χ3v) is 4.22. The zero-order valence-corrected chi connectivity index (χ0v) is 15.7. The SMILES string of the molecule is CC(=O)Nc1cccc(C(=O)N(C)CC(=O)Nc2cccc3ccccc23)c1. The lowest BCUT2D eigenvalue weighted by Crippen LogP contribution is -2.35. The van der Waals surface area contributed by atoms with E-state index in [-0.39, 0.29) is 24.3 Å². The Labute approximate surface area is 163 Å². The molecule has 0 unspecified atom stereocenters. The van der Waals surface area contributed by atoms with Crippen molar-refractivity contribution in [1.82, 2.24) is 4.90 Å². The van der Waals surface area contributed by atoms with Gasteiger partial charge in [0.2, 0.25) is 11.8 Å². The molecule has 0 heterocycles. The van der Waals surface area contributed by atoms with Crippen LogP contribution in [0.4, 0.5) is 11.4 Å². The van der Waals surface area contributed by atoms with Gasteiger partial charge >= 0.3 is 0 Å². The highest BCUT2D eigenvalue weighted by atomic mass is 16.2. The van der Waals surface area contributed by atoms with Crippen molar-refractivity contribution < 1.29 is 14.4 Å². The minimum absolute atomic E-state index is 0.0909. The molecule has 3 aromatic rings. The summed E-state index contributed by atoms with van der Waals surface area (Å²) in [6.07, 6.45) is 0. The number of carbonyl (C=O) groups is 3. The molecule has 0 aromatic heterocycles. The van der Waals surface area contributed by atoms with Crippen molar-refractivity contribution in [2.75, 3.05) is 24.2 Å². The Bertz CT molecular complexity index is 1040. The summed E-state index contributed by atoms with van der Waals surface area (Å²) in [6.45, 7) is 1.31. The molecular weight excluding hydrogens is 354 g/mol. The molecule has 142 valence electrons. The number of hydrogen-bond acceptors (Lipinski definition) is 3. The smallest absolute Gasteiger partial charge is 0.254 e. The van der Waals surface area contributed by atoms with E-state index in [9.17, 15) is 14.4 Å². The number of rotatable bonds is 5. The van der Waals surface area contributed by atoms with E-state index in [2.05, 4.69) is 10.6 Å². The van der Waals surface area contributed by atoms with E-state index >= 15 is 0 Å². The van der Waals surface area contributed by atoms with E-state index in [1.54, 1.807) is 31.3 Å². The second kappa shape index (κ2) is 8.35. The van der Waals surface area contributed by atoms with Crippen LogP contribution in [0.2, 0.25) is 0 Å². The van der Waals surface area contributed by atoms with Crippen molar-refractivity contribution in [3.05, 3.63) is 72.3 Å². The fourth-order valence-electron chi connectivity index (χ4n) is 2.96. The molecule has 3 rings (SSSR count). The van der Waals surface area contributed by atoms with Gasteiger partial charge in [0.15, 0.2) is 0 Å². The first-order valence-corrected chi connectivity index (χ1v) is 8.85. The van der Waals surface area contributed by atoms with E-state index in [0.29, 0.717) is 16.9 Å². The van der Waals surface area contributed by atoms with Crippen LogP contribution in [-0.4, -0.2) is 36.2 Å². The lowest BCUT2D eigenvalue weighted by atomic mass is 10.1. The Morgan fingerprint density at radius 2 is 1.61 bits per heavy atom. The first kappa shape index (κ1) is 19.1. The van der Waals surface area contributed by atoms with Crippen LogP contribution in [0.1, 0.15) is 17.3 Å². The summed E-state index contributed by atoms with van der Waals surface area (Å²) < 4.78 is 0. The molecule has 0 aliphatic carbocycles. The monoisotopic (exact) mass is 375 g/mol. The zero-order chi connectivity index (χ0) is 20.1. The molecule has 6 heteroatoms. The molecule has 0 bridgehead atoms. The molecule has 0 radical (unpaired) electrons. The zero-order valence-electron chi connectivity index (χ0n) is 15.7. The Kier molecular flexibility index (Phi) is 5.69. The fourth-order valence-corrected chi connectivity index (χ4v) is 2.96. The molecule has 3 amide bonds. The van der Waals surface area contributed by atoms with Gasteiger partial charge in [-0.3, -0.25) is 14.4 Å². The molecule has 0 saturated carbocycles. The summed E-state index contributed by atoms with van der Waals surface area (Å²) in [6, 6.07) is 20.1.